The van der Waals surface area contributed by atoms with Crippen LogP contribution in [0.5, 0.6) is 0 Å². The third kappa shape index (κ3) is 10.4. The maximum Gasteiger partial charge on any atom is 0.660 e. The molecule has 0 bridgehead atoms. The molecule has 0 heterocycles. The molecule has 0 amide bonds. The minimum atomic E-state index is -5.20. The average molecular weight is 385 g/mol. The second-order valence-corrected chi connectivity index (χ2v) is 15.8. The van der Waals surface area contributed by atoms with Gasteiger partial charge in [-0.2, -0.15) is 0 Å². The van der Waals surface area contributed by atoms with Crippen molar-refractivity contribution in [3.05, 3.63) is 0 Å². The summed E-state index contributed by atoms with van der Waals surface area (Å²) in [5.41, 5.74) is 0. The standard InChI is InChI=1S/C4H20O11Si5/c1-16(2)12-20(11,14-18(4,7)8)15-19(9,10)13-17(3,5)6/h5-11,16H,1-4H3. The Balaban J connectivity index is 5.06. The van der Waals surface area contributed by atoms with Crippen molar-refractivity contribution in [1.82, 2.24) is 0 Å². The van der Waals surface area contributed by atoms with Gasteiger partial charge in [0.25, 0.3) is 0 Å². The zero-order chi connectivity index (χ0) is 16.4. The summed E-state index contributed by atoms with van der Waals surface area (Å²) in [6.45, 7) is 4.83. The normalized spacial score (nSPS) is 17.4. The molecule has 0 aliphatic carbocycles. The Bertz CT molecular complexity index is 311. The number of hydrogen-bond acceptors (Lipinski definition) is 11. The first-order valence-corrected chi connectivity index (χ1v) is 16.2. The summed E-state index contributed by atoms with van der Waals surface area (Å²) in [6, 6.07) is 0. The van der Waals surface area contributed by atoms with Gasteiger partial charge in [0.15, 0.2) is 9.04 Å². The van der Waals surface area contributed by atoms with Crippen LogP contribution in [0.15, 0.2) is 0 Å². The van der Waals surface area contributed by atoms with E-state index < -0.39 is 44.7 Å². The second-order valence-electron chi connectivity index (χ2n) is 4.41. The lowest BCUT2D eigenvalue weighted by Crippen LogP contribution is -2.65. The van der Waals surface area contributed by atoms with Crippen LogP contribution >= 0.6 is 0 Å². The summed E-state index contributed by atoms with van der Waals surface area (Å²) in [6.07, 6.45) is 0. The molecule has 16 heteroatoms. The van der Waals surface area contributed by atoms with Gasteiger partial charge < -0.3 is 50.0 Å². The number of rotatable bonds is 8. The van der Waals surface area contributed by atoms with E-state index in [2.05, 4.69) is 12.3 Å². The summed E-state index contributed by atoms with van der Waals surface area (Å²) in [4.78, 5) is 65.4. The fraction of sp³-hybridized carbons (Fsp3) is 1.00. The molecule has 0 saturated carbocycles. The Morgan fingerprint density at radius 2 is 1.10 bits per heavy atom. The van der Waals surface area contributed by atoms with E-state index in [9.17, 15) is 24.0 Å². The Hall–Kier alpha value is 0.644. The Kier molecular flexibility index (Phi) is 7.04. The van der Waals surface area contributed by atoms with Crippen LogP contribution in [0.3, 0.4) is 0 Å². The molecular weight excluding hydrogens is 364 g/mol. The largest absolute Gasteiger partial charge is 0.660 e. The van der Waals surface area contributed by atoms with Crippen molar-refractivity contribution in [2.24, 2.45) is 0 Å². The van der Waals surface area contributed by atoms with Gasteiger partial charge in [0.05, 0.1) is 0 Å². The predicted octanol–water partition coefficient (Wildman–Crippen LogP) is -4.01. The van der Waals surface area contributed by atoms with Gasteiger partial charge >= 0.3 is 35.7 Å². The van der Waals surface area contributed by atoms with Gasteiger partial charge in [0, 0.05) is 13.1 Å². The highest BCUT2D eigenvalue weighted by atomic mass is 28.5. The predicted molar refractivity (Wildman–Crippen MR) is 73.5 cm³/mol. The van der Waals surface area contributed by atoms with Crippen LogP contribution in [-0.2, 0) is 16.5 Å². The molecule has 20 heavy (non-hydrogen) atoms. The molecule has 7 N–H and O–H groups in total. The van der Waals surface area contributed by atoms with Crippen LogP contribution in [0.4, 0.5) is 0 Å². The van der Waals surface area contributed by atoms with Crippen LogP contribution in [0.1, 0.15) is 0 Å². The zero-order valence-electron chi connectivity index (χ0n) is 11.3. The number of hydrogen-bond donors (Lipinski definition) is 7. The molecule has 0 fully saturated rings. The van der Waals surface area contributed by atoms with E-state index in [1.54, 1.807) is 13.1 Å². The first kappa shape index (κ1) is 20.6. The van der Waals surface area contributed by atoms with E-state index >= 15 is 0 Å². The maximum atomic E-state index is 9.96. The molecule has 1 atom stereocenters. The Morgan fingerprint density at radius 3 is 1.40 bits per heavy atom. The van der Waals surface area contributed by atoms with Crippen LogP contribution in [0, 0.1) is 0 Å². The smallest absolute Gasteiger partial charge is 0.398 e. The third-order valence-electron chi connectivity index (χ3n) is 1.30. The summed E-state index contributed by atoms with van der Waals surface area (Å²) in [7, 11) is -20.7. The average Bonchev–Trinajstić information content (AvgIpc) is 1.86. The Morgan fingerprint density at radius 1 is 0.700 bits per heavy atom. The lowest BCUT2D eigenvalue weighted by Gasteiger charge is -2.32. The minimum Gasteiger partial charge on any atom is -0.398 e. The van der Waals surface area contributed by atoms with E-state index in [0.717, 1.165) is 13.1 Å². The fourth-order valence-electron chi connectivity index (χ4n) is 1.05. The maximum absolute atomic E-state index is 9.96. The van der Waals surface area contributed by atoms with Gasteiger partial charge in [-0.3, -0.25) is 0 Å². The summed E-state index contributed by atoms with van der Waals surface area (Å²) in [5, 5.41) is 0. The van der Waals surface area contributed by atoms with Gasteiger partial charge in [-0.05, 0) is 13.1 Å². The molecule has 1 unspecified atom stereocenters. The van der Waals surface area contributed by atoms with Crippen molar-refractivity contribution in [3.8, 4) is 0 Å². The highest BCUT2D eigenvalue weighted by Crippen LogP contribution is 2.18. The minimum absolute atomic E-state index is 0.807. The highest BCUT2D eigenvalue weighted by Gasteiger charge is 2.59. The molecule has 0 aliphatic rings. The van der Waals surface area contributed by atoms with E-state index in [-0.39, 0.29) is 0 Å². The van der Waals surface area contributed by atoms with Gasteiger partial charge in [-0.15, -0.1) is 0 Å². The summed E-state index contributed by atoms with van der Waals surface area (Å²) in [5.74, 6) is 0. The SMILES string of the molecule is C[SiH](C)O[Si](O)(O[Si](C)(O)O)O[Si](O)(O)O[Si](C)(O)O. The van der Waals surface area contributed by atoms with Crippen molar-refractivity contribution < 1.29 is 50.0 Å². The monoisotopic (exact) mass is 384 g/mol. The molecule has 122 valence electrons. The van der Waals surface area contributed by atoms with Crippen LogP contribution < -0.4 is 0 Å². The quantitative estimate of drug-likeness (QED) is 0.203. The van der Waals surface area contributed by atoms with Gasteiger partial charge in [-0.25, -0.2) is 0 Å². The molecule has 0 aromatic carbocycles. The van der Waals surface area contributed by atoms with Gasteiger partial charge in [0.1, 0.15) is 0 Å². The topological polar surface area (TPSA) is 179 Å². The third-order valence-corrected chi connectivity index (χ3v) is 11.7. The van der Waals surface area contributed by atoms with E-state index in [4.69, 9.17) is 13.7 Å². The fourth-order valence-corrected chi connectivity index (χ4v) is 11.1. The van der Waals surface area contributed by atoms with Gasteiger partial charge in [0.2, 0.25) is 0 Å². The van der Waals surface area contributed by atoms with Crippen molar-refractivity contribution >= 4 is 44.7 Å². The van der Waals surface area contributed by atoms with Crippen LogP contribution in [-0.4, -0.2) is 78.3 Å². The lowest BCUT2D eigenvalue weighted by atomic mass is 11.9. The molecular formula is C4H20O11Si5. The van der Waals surface area contributed by atoms with E-state index in [0.29, 0.717) is 0 Å². The van der Waals surface area contributed by atoms with E-state index in [1.807, 2.05) is 0 Å². The highest BCUT2D eigenvalue weighted by molar-refractivity contribution is 6.79. The molecule has 11 nitrogen and oxygen atoms in total. The van der Waals surface area contributed by atoms with Crippen molar-refractivity contribution in [1.29, 1.82) is 0 Å². The second kappa shape index (κ2) is 6.82. The van der Waals surface area contributed by atoms with Crippen molar-refractivity contribution in [3.63, 3.8) is 0 Å². The van der Waals surface area contributed by atoms with E-state index in [1.165, 1.54) is 0 Å². The van der Waals surface area contributed by atoms with Crippen LogP contribution in [0.25, 0.3) is 0 Å². The molecule has 0 rings (SSSR count). The first-order chi connectivity index (χ1) is 8.54. The molecule has 0 aliphatic heterocycles. The Labute approximate surface area is 121 Å². The molecule has 0 saturated heterocycles. The lowest BCUT2D eigenvalue weighted by molar-refractivity contribution is 0.0274. The molecule has 0 aromatic heterocycles. The van der Waals surface area contributed by atoms with Crippen LogP contribution in [0.2, 0.25) is 26.2 Å². The molecule has 0 radical (unpaired) electrons. The summed E-state index contributed by atoms with van der Waals surface area (Å²) >= 11 is 0. The van der Waals surface area contributed by atoms with Gasteiger partial charge in [-0.1, -0.05) is 0 Å². The van der Waals surface area contributed by atoms with Crippen molar-refractivity contribution in [2.75, 3.05) is 0 Å². The van der Waals surface area contributed by atoms with Crippen molar-refractivity contribution in [2.45, 2.75) is 26.2 Å². The zero-order valence-corrected chi connectivity index (χ0v) is 16.5. The first-order valence-electron chi connectivity index (χ1n) is 5.38. The molecule has 0 aromatic rings. The molecule has 0 spiro atoms. The summed E-state index contributed by atoms with van der Waals surface area (Å²) < 4.78 is 18.1.